The molecule has 1 aliphatic heterocycles. The number of hydrogen-bond acceptors (Lipinski definition) is 3. The van der Waals surface area contributed by atoms with E-state index in [4.69, 9.17) is 5.10 Å². The van der Waals surface area contributed by atoms with E-state index in [0.29, 0.717) is 5.56 Å². The third-order valence-electron chi connectivity index (χ3n) is 6.40. The number of likely N-dealkylation sites (N-methyl/N-ethyl adjacent to an activating group) is 1. The lowest BCUT2D eigenvalue weighted by Gasteiger charge is -2.20. The molecule has 0 amide bonds. The summed E-state index contributed by atoms with van der Waals surface area (Å²) in [6.45, 7) is 4.97. The zero-order valence-corrected chi connectivity index (χ0v) is 19.0. The van der Waals surface area contributed by atoms with Crippen molar-refractivity contribution in [1.82, 2.24) is 19.6 Å². The Morgan fingerprint density at radius 1 is 0.788 bits per heavy atom. The molecule has 0 aliphatic carbocycles. The van der Waals surface area contributed by atoms with Crippen molar-refractivity contribution >= 4 is 0 Å². The van der Waals surface area contributed by atoms with Gasteiger partial charge >= 0.3 is 0 Å². The molecule has 1 aromatic heterocycles. The number of aromatic nitrogens is 2. The number of rotatable bonds is 5. The van der Waals surface area contributed by atoms with Crippen molar-refractivity contribution in [2.75, 3.05) is 33.2 Å². The maximum Gasteiger partial charge on any atom is 0.132 e. The first kappa shape index (κ1) is 21.6. The Morgan fingerprint density at radius 2 is 1.52 bits per heavy atom. The molecule has 0 spiro atoms. The molecule has 1 fully saturated rings. The van der Waals surface area contributed by atoms with Crippen LogP contribution in [0.25, 0.3) is 28.1 Å². The van der Waals surface area contributed by atoms with E-state index in [2.05, 4.69) is 53.2 Å². The smallest absolute Gasteiger partial charge is 0.132 e. The monoisotopic (exact) mass is 440 g/mol. The van der Waals surface area contributed by atoms with Gasteiger partial charge in [0, 0.05) is 30.8 Å². The van der Waals surface area contributed by atoms with E-state index >= 15 is 0 Å². The van der Waals surface area contributed by atoms with E-state index in [1.54, 1.807) is 6.07 Å². The zero-order chi connectivity index (χ0) is 22.6. The van der Waals surface area contributed by atoms with E-state index in [0.717, 1.165) is 61.7 Å². The second-order valence-corrected chi connectivity index (χ2v) is 8.76. The minimum atomic E-state index is -0.225. The summed E-state index contributed by atoms with van der Waals surface area (Å²) in [5.74, 6) is -0.225. The van der Waals surface area contributed by atoms with Gasteiger partial charge in [0.25, 0.3) is 0 Å². The van der Waals surface area contributed by atoms with Crippen LogP contribution in [0, 0.1) is 5.82 Å². The fourth-order valence-corrected chi connectivity index (χ4v) is 4.56. The van der Waals surface area contributed by atoms with Gasteiger partial charge in [-0.1, -0.05) is 54.6 Å². The van der Waals surface area contributed by atoms with Crippen molar-refractivity contribution in [2.24, 2.45) is 0 Å². The van der Waals surface area contributed by atoms with Gasteiger partial charge in [-0.05, 0) is 62.0 Å². The minimum absolute atomic E-state index is 0.225. The van der Waals surface area contributed by atoms with E-state index in [9.17, 15) is 4.39 Å². The molecule has 5 heteroatoms. The maximum atomic E-state index is 14.9. The van der Waals surface area contributed by atoms with Crippen molar-refractivity contribution < 1.29 is 4.39 Å². The molecule has 0 unspecified atom stereocenters. The van der Waals surface area contributed by atoms with E-state index in [1.807, 2.05) is 41.2 Å². The molecule has 0 bridgehead atoms. The Morgan fingerprint density at radius 3 is 2.30 bits per heavy atom. The summed E-state index contributed by atoms with van der Waals surface area (Å²) < 4.78 is 16.8. The molecule has 0 N–H and O–H groups in total. The van der Waals surface area contributed by atoms with E-state index in [1.165, 1.54) is 11.6 Å². The third kappa shape index (κ3) is 4.75. The maximum absolute atomic E-state index is 14.9. The molecule has 1 aliphatic rings. The Kier molecular flexibility index (Phi) is 6.33. The quantitative estimate of drug-likeness (QED) is 0.411. The van der Waals surface area contributed by atoms with E-state index < -0.39 is 0 Å². The first-order valence-corrected chi connectivity index (χ1v) is 11.6. The zero-order valence-electron chi connectivity index (χ0n) is 19.0. The van der Waals surface area contributed by atoms with Gasteiger partial charge < -0.3 is 4.90 Å². The topological polar surface area (TPSA) is 24.3 Å². The highest BCUT2D eigenvalue weighted by atomic mass is 19.1. The fourth-order valence-electron chi connectivity index (χ4n) is 4.56. The standard InChI is InChI=1S/C28H29FN4/c1-31-16-7-17-32(19-18-31)21-24-20-30-33(28(24)26-10-5-6-11-27(26)29)25-14-12-23(13-15-25)22-8-3-2-4-9-22/h2-6,8-15,20H,7,16-19,21H2,1H3. The highest BCUT2D eigenvalue weighted by molar-refractivity contribution is 5.68. The van der Waals surface area contributed by atoms with Gasteiger partial charge in [0.2, 0.25) is 0 Å². The molecular formula is C28H29FN4. The van der Waals surface area contributed by atoms with Crippen molar-refractivity contribution in [1.29, 1.82) is 0 Å². The molecule has 4 nitrogen and oxygen atoms in total. The minimum Gasteiger partial charge on any atom is -0.305 e. The number of hydrogen-bond donors (Lipinski definition) is 0. The average Bonchev–Trinajstić information content (AvgIpc) is 3.15. The van der Waals surface area contributed by atoms with Crippen LogP contribution in [0.15, 0.2) is 85.1 Å². The molecule has 3 aromatic carbocycles. The largest absolute Gasteiger partial charge is 0.305 e. The van der Waals surface area contributed by atoms with E-state index in [-0.39, 0.29) is 5.82 Å². The number of benzene rings is 3. The summed E-state index contributed by atoms with van der Waals surface area (Å²) in [7, 11) is 2.17. The van der Waals surface area contributed by atoms with Crippen LogP contribution >= 0.6 is 0 Å². The molecule has 5 rings (SSSR count). The highest BCUT2D eigenvalue weighted by Gasteiger charge is 2.21. The summed E-state index contributed by atoms with van der Waals surface area (Å²) in [6.07, 6.45) is 3.04. The highest BCUT2D eigenvalue weighted by Crippen LogP contribution is 2.31. The summed E-state index contributed by atoms with van der Waals surface area (Å²) in [5.41, 5.74) is 5.72. The number of nitrogens with zero attached hydrogens (tertiary/aromatic N) is 4. The van der Waals surface area contributed by atoms with Crippen LogP contribution < -0.4 is 0 Å². The number of halogens is 1. The van der Waals surface area contributed by atoms with Gasteiger partial charge in [-0.25, -0.2) is 9.07 Å². The SMILES string of the molecule is CN1CCCN(Cc2cnn(-c3ccc(-c4ccccc4)cc3)c2-c2ccccc2F)CC1. The van der Waals surface area contributed by atoms with Gasteiger partial charge in [-0.15, -0.1) is 0 Å². The lowest BCUT2D eigenvalue weighted by Crippen LogP contribution is -2.28. The summed E-state index contributed by atoms with van der Waals surface area (Å²) in [5, 5.41) is 4.72. The Hall–Kier alpha value is -3.28. The molecule has 2 heterocycles. The fraction of sp³-hybridized carbons (Fsp3) is 0.250. The molecule has 0 saturated carbocycles. The second kappa shape index (κ2) is 9.69. The van der Waals surface area contributed by atoms with Gasteiger partial charge in [-0.2, -0.15) is 5.10 Å². The van der Waals surface area contributed by atoms with Crippen LogP contribution in [0.1, 0.15) is 12.0 Å². The van der Waals surface area contributed by atoms with Gasteiger partial charge in [-0.3, -0.25) is 4.90 Å². The lowest BCUT2D eigenvalue weighted by atomic mass is 10.0. The van der Waals surface area contributed by atoms with Crippen molar-refractivity contribution in [2.45, 2.75) is 13.0 Å². The molecule has 168 valence electrons. The molecule has 4 aromatic rings. The van der Waals surface area contributed by atoms with Crippen LogP contribution in [-0.4, -0.2) is 52.8 Å². The first-order chi connectivity index (χ1) is 16.2. The predicted octanol–water partition coefficient (Wildman–Crippen LogP) is 5.48. The van der Waals surface area contributed by atoms with Crippen LogP contribution in [0.5, 0.6) is 0 Å². The summed E-state index contributed by atoms with van der Waals surface area (Å²) in [6, 6.07) is 25.6. The van der Waals surface area contributed by atoms with Gasteiger partial charge in [0.05, 0.1) is 17.6 Å². The second-order valence-electron chi connectivity index (χ2n) is 8.76. The molecule has 33 heavy (non-hydrogen) atoms. The lowest BCUT2D eigenvalue weighted by molar-refractivity contribution is 0.269. The molecule has 1 saturated heterocycles. The average molecular weight is 441 g/mol. The van der Waals surface area contributed by atoms with Crippen LogP contribution in [0.4, 0.5) is 4.39 Å². The summed E-state index contributed by atoms with van der Waals surface area (Å²) in [4.78, 5) is 4.82. The predicted molar refractivity (Wildman–Crippen MR) is 132 cm³/mol. The van der Waals surface area contributed by atoms with Crippen molar-refractivity contribution in [3.05, 3.63) is 96.4 Å². The Bertz CT molecular complexity index is 1200. The normalized spacial score (nSPS) is 15.5. The van der Waals surface area contributed by atoms with Crippen LogP contribution in [0.3, 0.4) is 0 Å². The van der Waals surface area contributed by atoms with Gasteiger partial charge in [0.1, 0.15) is 5.82 Å². The first-order valence-electron chi connectivity index (χ1n) is 11.6. The third-order valence-corrected chi connectivity index (χ3v) is 6.40. The molecular weight excluding hydrogens is 411 g/mol. The van der Waals surface area contributed by atoms with Crippen LogP contribution in [-0.2, 0) is 6.54 Å². The Labute approximate surface area is 194 Å². The van der Waals surface area contributed by atoms with Gasteiger partial charge in [0.15, 0.2) is 0 Å². The summed E-state index contributed by atoms with van der Waals surface area (Å²) >= 11 is 0. The Balaban J connectivity index is 1.52. The van der Waals surface area contributed by atoms with Crippen molar-refractivity contribution in [3.8, 4) is 28.1 Å². The van der Waals surface area contributed by atoms with Crippen LogP contribution in [0.2, 0.25) is 0 Å². The van der Waals surface area contributed by atoms with Crippen molar-refractivity contribution in [3.63, 3.8) is 0 Å². The molecule has 0 atom stereocenters. The molecule has 0 radical (unpaired) electrons.